The molecule has 0 radical (unpaired) electrons. The molecule has 0 spiro atoms. The molecule has 2 aromatic rings. The van der Waals surface area contributed by atoms with Gasteiger partial charge in [-0.05, 0) is 100 Å². The summed E-state index contributed by atoms with van der Waals surface area (Å²) < 4.78 is 0. The number of benzene rings is 2. The summed E-state index contributed by atoms with van der Waals surface area (Å²) >= 11 is 13.5. The molecule has 1 saturated carbocycles. The summed E-state index contributed by atoms with van der Waals surface area (Å²) in [6.45, 7) is 2.98. The van der Waals surface area contributed by atoms with Crippen molar-refractivity contribution in [3.63, 3.8) is 0 Å². The molecule has 5 atom stereocenters. The van der Waals surface area contributed by atoms with Gasteiger partial charge in [-0.1, -0.05) is 35.3 Å². The molecule has 1 aliphatic carbocycles. The molecule has 2 aromatic carbocycles. The van der Waals surface area contributed by atoms with Crippen molar-refractivity contribution in [1.29, 1.82) is 0 Å². The lowest BCUT2D eigenvalue weighted by Gasteiger charge is -2.40. The molecular formula is C34H48Cl2N4O6. The van der Waals surface area contributed by atoms with Gasteiger partial charge in [0.05, 0.1) is 30.1 Å². The second-order valence-electron chi connectivity index (χ2n) is 13.1. The van der Waals surface area contributed by atoms with Crippen LogP contribution in [0.3, 0.4) is 0 Å². The van der Waals surface area contributed by atoms with Gasteiger partial charge < -0.3 is 40.2 Å². The maximum absolute atomic E-state index is 14.0. The largest absolute Gasteiger partial charge is 0.394 e. The first kappa shape index (κ1) is 35.3. The molecule has 46 heavy (non-hydrogen) atoms. The van der Waals surface area contributed by atoms with E-state index < -0.39 is 31.0 Å². The molecule has 2 heterocycles. The SMILES string of the molecule is CN(CCCCc1cc(Cl)c(CN2CCC[C@H]2C(=O)N2CCN(C3CC3)c3ccccc32)cc1Cl)C[C@H](O)[C@@H](O)[C@H](O)[C@H](O)CO. The maximum atomic E-state index is 14.0. The van der Waals surface area contributed by atoms with Crippen LogP contribution in [0.25, 0.3) is 0 Å². The maximum Gasteiger partial charge on any atom is 0.244 e. The third kappa shape index (κ3) is 8.35. The lowest BCUT2D eigenvalue weighted by molar-refractivity contribution is -0.123. The first-order chi connectivity index (χ1) is 22.1. The van der Waals surface area contributed by atoms with Crippen molar-refractivity contribution < 1.29 is 30.3 Å². The monoisotopic (exact) mass is 678 g/mol. The van der Waals surface area contributed by atoms with Gasteiger partial charge in [0.25, 0.3) is 0 Å². The summed E-state index contributed by atoms with van der Waals surface area (Å²) in [6.07, 6.45) is 0.563. The molecule has 0 bridgehead atoms. The number of carbonyl (C=O) groups excluding carboxylic acids is 1. The van der Waals surface area contributed by atoms with Crippen LogP contribution in [0.5, 0.6) is 0 Å². The highest BCUT2D eigenvalue weighted by atomic mass is 35.5. The van der Waals surface area contributed by atoms with Gasteiger partial charge in [0.15, 0.2) is 0 Å². The summed E-state index contributed by atoms with van der Waals surface area (Å²) in [5, 5.41) is 49.8. The fourth-order valence-corrected chi connectivity index (χ4v) is 7.32. The average Bonchev–Trinajstić information content (AvgIpc) is 3.80. The highest BCUT2D eigenvalue weighted by Gasteiger charge is 2.39. The van der Waals surface area contributed by atoms with Crippen molar-refractivity contribution in [2.45, 2.75) is 88.0 Å². The van der Waals surface area contributed by atoms with Crippen LogP contribution in [-0.2, 0) is 17.8 Å². The van der Waals surface area contributed by atoms with Gasteiger partial charge in [-0.2, -0.15) is 0 Å². The van der Waals surface area contributed by atoms with Crippen LogP contribution in [-0.4, -0.2) is 124 Å². The first-order valence-electron chi connectivity index (χ1n) is 16.5. The zero-order valence-electron chi connectivity index (χ0n) is 26.5. The number of likely N-dealkylation sites (N-methyl/N-ethyl adjacent to an activating group) is 1. The number of aliphatic hydroxyl groups excluding tert-OH is 5. The fraction of sp³-hybridized carbons (Fsp3) is 0.618. The molecule has 3 aliphatic rings. The van der Waals surface area contributed by atoms with Crippen LogP contribution in [0.1, 0.15) is 49.7 Å². The van der Waals surface area contributed by atoms with E-state index in [1.54, 1.807) is 7.05 Å². The van der Waals surface area contributed by atoms with E-state index in [1.165, 1.54) is 12.8 Å². The lowest BCUT2D eigenvalue weighted by atomic mass is 10.0. The first-order valence-corrected chi connectivity index (χ1v) is 17.2. The molecule has 2 aliphatic heterocycles. The summed E-state index contributed by atoms with van der Waals surface area (Å²) in [5.74, 6) is 0.158. The van der Waals surface area contributed by atoms with Crippen LogP contribution in [0.15, 0.2) is 36.4 Å². The molecule has 254 valence electrons. The smallest absolute Gasteiger partial charge is 0.244 e. The average molecular weight is 680 g/mol. The minimum atomic E-state index is -1.63. The number of aryl methyl sites for hydroxylation is 1. The Bertz CT molecular complexity index is 1330. The fourth-order valence-electron chi connectivity index (χ4n) is 6.79. The number of rotatable bonds is 15. The number of unbranched alkanes of at least 4 members (excludes halogenated alkanes) is 1. The number of aliphatic hydroxyl groups is 5. The van der Waals surface area contributed by atoms with Crippen molar-refractivity contribution >= 4 is 40.5 Å². The second-order valence-corrected chi connectivity index (χ2v) is 13.9. The Balaban J connectivity index is 1.12. The minimum absolute atomic E-state index is 0.0981. The molecular weight excluding hydrogens is 631 g/mol. The van der Waals surface area contributed by atoms with Crippen LogP contribution in [0.4, 0.5) is 11.4 Å². The van der Waals surface area contributed by atoms with Gasteiger partial charge in [-0.3, -0.25) is 9.69 Å². The molecule has 1 saturated heterocycles. The quantitative estimate of drug-likeness (QED) is 0.181. The molecule has 10 nitrogen and oxygen atoms in total. The number of carbonyl (C=O) groups is 1. The lowest BCUT2D eigenvalue weighted by Crippen LogP contribution is -2.51. The molecule has 5 N–H and O–H groups in total. The number of amides is 1. The molecule has 5 rings (SSSR count). The minimum Gasteiger partial charge on any atom is -0.394 e. The molecule has 2 fully saturated rings. The predicted molar refractivity (Wildman–Crippen MR) is 181 cm³/mol. The number of hydrogen-bond acceptors (Lipinski definition) is 9. The van der Waals surface area contributed by atoms with E-state index in [1.807, 2.05) is 28.0 Å². The van der Waals surface area contributed by atoms with E-state index in [-0.39, 0.29) is 18.5 Å². The number of para-hydroxylation sites is 2. The Hall–Kier alpha value is -1.99. The molecule has 1 amide bonds. The third-order valence-corrected chi connectivity index (χ3v) is 10.3. The van der Waals surface area contributed by atoms with E-state index in [2.05, 4.69) is 28.0 Å². The topological polar surface area (TPSA) is 131 Å². The van der Waals surface area contributed by atoms with Crippen molar-refractivity contribution in [1.82, 2.24) is 9.80 Å². The second kappa shape index (κ2) is 15.9. The van der Waals surface area contributed by atoms with Gasteiger partial charge in [-0.25, -0.2) is 0 Å². The number of nitrogens with zero attached hydrogens (tertiary/aromatic N) is 4. The third-order valence-electron chi connectivity index (χ3n) is 9.60. The zero-order chi connectivity index (χ0) is 33.0. The Morgan fingerprint density at radius 3 is 2.30 bits per heavy atom. The van der Waals surface area contributed by atoms with E-state index in [0.717, 1.165) is 67.7 Å². The molecule has 0 unspecified atom stereocenters. The van der Waals surface area contributed by atoms with Gasteiger partial charge >= 0.3 is 0 Å². The predicted octanol–water partition coefficient (Wildman–Crippen LogP) is 2.66. The Morgan fingerprint density at radius 2 is 1.59 bits per heavy atom. The highest BCUT2D eigenvalue weighted by molar-refractivity contribution is 6.34. The number of likely N-dealkylation sites (tertiary alicyclic amines) is 1. The summed E-state index contributed by atoms with van der Waals surface area (Å²) in [7, 11) is 1.80. The van der Waals surface area contributed by atoms with E-state index >= 15 is 0 Å². The number of fused-ring (bicyclic) bond motifs is 1. The van der Waals surface area contributed by atoms with E-state index in [9.17, 15) is 25.2 Å². The van der Waals surface area contributed by atoms with Crippen molar-refractivity contribution in [2.75, 3.05) is 56.2 Å². The normalized spacial score (nSPS) is 21.4. The Labute approximate surface area is 281 Å². The van der Waals surface area contributed by atoms with Crippen molar-refractivity contribution in [3.8, 4) is 0 Å². The van der Waals surface area contributed by atoms with Gasteiger partial charge in [0.1, 0.15) is 18.3 Å². The van der Waals surface area contributed by atoms with Crippen LogP contribution in [0.2, 0.25) is 10.0 Å². The number of anilines is 2. The number of halogens is 2. The summed E-state index contributed by atoms with van der Waals surface area (Å²) in [5.41, 5.74) is 4.04. The van der Waals surface area contributed by atoms with E-state index in [4.69, 9.17) is 28.3 Å². The van der Waals surface area contributed by atoms with Crippen LogP contribution in [0, 0.1) is 0 Å². The van der Waals surface area contributed by atoms with Gasteiger partial charge in [-0.15, -0.1) is 0 Å². The summed E-state index contributed by atoms with van der Waals surface area (Å²) in [4.78, 5) is 22.5. The Kier molecular flexibility index (Phi) is 12.2. The van der Waals surface area contributed by atoms with Crippen LogP contribution >= 0.6 is 23.2 Å². The molecule has 12 heteroatoms. The Morgan fingerprint density at radius 1 is 0.913 bits per heavy atom. The van der Waals surface area contributed by atoms with Gasteiger partial charge in [0.2, 0.25) is 5.91 Å². The molecule has 0 aromatic heterocycles. The van der Waals surface area contributed by atoms with Crippen molar-refractivity contribution in [2.24, 2.45) is 0 Å². The summed E-state index contributed by atoms with van der Waals surface area (Å²) in [6, 6.07) is 12.5. The standard InChI is InChI=1S/C34H48Cl2N4O6/c1-37(20-30(42)32(44)33(45)31(43)21-41)13-5-4-7-22-17-26(36)23(18-25(22)35)19-38-14-6-10-29(38)34(46)40-16-15-39(24-11-12-24)27-8-2-3-9-28(27)40/h2-3,8-9,17-18,24,29-33,41-45H,4-7,10-16,19-21H2,1H3/t29-,30-,31+,32+,33+/m0/s1. The van der Waals surface area contributed by atoms with Crippen molar-refractivity contribution in [3.05, 3.63) is 57.6 Å². The van der Waals surface area contributed by atoms with E-state index in [0.29, 0.717) is 35.7 Å². The van der Waals surface area contributed by atoms with Gasteiger partial charge in [0, 0.05) is 42.3 Å². The zero-order valence-corrected chi connectivity index (χ0v) is 28.0. The number of hydrogen-bond donors (Lipinski definition) is 5. The highest BCUT2D eigenvalue weighted by Crippen LogP contribution is 2.41. The van der Waals surface area contributed by atoms with Crippen LogP contribution < -0.4 is 9.80 Å².